The van der Waals surface area contributed by atoms with Crippen LogP contribution in [0.25, 0.3) is 10.4 Å². The Labute approximate surface area is 64.3 Å². The molecule has 0 bridgehead atoms. The van der Waals surface area contributed by atoms with Gasteiger partial charge in [-0.1, -0.05) is 11.2 Å². The van der Waals surface area contributed by atoms with E-state index < -0.39 is 5.97 Å². The van der Waals surface area contributed by atoms with Crippen LogP contribution >= 0.6 is 0 Å². The van der Waals surface area contributed by atoms with Gasteiger partial charge in [0.1, 0.15) is 0 Å². The third kappa shape index (κ3) is 3.27. The summed E-state index contributed by atoms with van der Waals surface area (Å²) in [5.41, 5.74) is 8.31. The maximum atomic E-state index is 10.8. The van der Waals surface area contributed by atoms with E-state index in [2.05, 4.69) is 14.8 Å². The predicted molar refractivity (Wildman–Crippen MR) is 39.8 cm³/mol. The monoisotopic (exact) mass is 155 g/mol. The van der Waals surface area contributed by atoms with E-state index in [4.69, 9.17) is 5.53 Å². The summed E-state index contributed by atoms with van der Waals surface area (Å²) in [6, 6.07) is 0. The summed E-state index contributed by atoms with van der Waals surface area (Å²) in [5.74, 6) is -0.458. The number of hydrogen-bond donors (Lipinski definition) is 0. The first-order valence-electron chi connectivity index (χ1n) is 3.00. The Kier molecular flexibility index (Phi) is 4.60. The largest absolute Gasteiger partial charge is 0.466 e. The standard InChI is InChI=1S/C6H9N3O2/c1-3-5(4-8-9-7)6(10)11-2/h3H,4H2,1-2H3. The minimum Gasteiger partial charge on any atom is -0.466 e. The Hall–Kier alpha value is -1.48. The SMILES string of the molecule is CC=C(CN=[N+]=[N-])C(=O)OC. The molecule has 0 saturated heterocycles. The number of allylic oxidation sites excluding steroid dienone is 1. The smallest absolute Gasteiger partial charge is 0.333 e. The van der Waals surface area contributed by atoms with Crippen molar-refractivity contribution in [1.82, 2.24) is 0 Å². The van der Waals surface area contributed by atoms with Gasteiger partial charge in [0.2, 0.25) is 0 Å². The maximum Gasteiger partial charge on any atom is 0.333 e. The highest BCUT2D eigenvalue weighted by Crippen LogP contribution is 1.97. The zero-order valence-electron chi connectivity index (χ0n) is 6.44. The molecular formula is C6H9N3O2. The highest BCUT2D eigenvalue weighted by atomic mass is 16.5. The fraction of sp³-hybridized carbons (Fsp3) is 0.500. The number of methoxy groups -OCH3 is 1. The van der Waals surface area contributed by atoms with Gasteiger partial charge in [-0.05, 0) is 12.5 Å². The average molecular weight is 155 g/mol. The van der Waals surface area contributed by atoms with E-state index in [1.807, 2.05) is 0 Å². The first-order chi connectivity index (χ1) is 5.26. The molecule has 0 aromatic carbocycles. The van der Waals surface area contributed by atoms with Crippen molar-refractivity contribution < 1.29 is 9.53 Å². The molecule has 0 aliphatic rings. The van der Waals surface area contributed by atoms with Gasteiger partial charge in [-0.2, -0.15) is 0 Å². The van der Waals surface area contributed by atoms with Crippen LogP contribution in [-0.4, -0.2) is 19.6 Å². The Bertz CT molecular complexity index is 216. The molecule has 0 heterocycles. The fourth-order valence-electron chi connectivity index (χ4n) is 0.513. The van der Waals surface area contributed by atoms with Crippen molar-refractivity contribution in [2.75, 3.05) is 13.7 Å². The molecule has 60 valence electrons. The van der Waals surface area contributed by atoms with Crippen molar-refractivity contribution in [1.29, 1.82) is 0 Å². The lowest BCUT2D eigenvalue weighted by Gasteiger charge is -1.98. The third-order valence-corrected chi connectivity index (χ3v) is 1.10. The van der Waals surface area contributed by atoms with Crippen molar-refractivity contribution in [3.05, 3.63) is 22.1 Å². The number of rotatable bonds is 3. The Morgan fingerprint density at radius 3 is 2.82 bits per heavy atom. The van der Waals surface area contributed by atoms with E-state index in [-0.39, 0.29) is 6.54 Å². The molecule has 0 aromatic rings. The van der Waals surface area contributed by atoms with Crippen LogP contribution in [0, 0.1) is 0 Å². The number of azide groups is 1. The average Bonchev–Trinajstić information content (AvgIpc) is 2.05. The minimum absolute atomic E-state index is 0.0413. The molecule has 0 aliphatic heterocycles. The summed E-state index contributed by atoms with van der Waals surface area (Å²) >= 11 is 0. The molecule has 0 amide bonds. The van der Waals surface area contributed by atoms with E-state index in [1.54, 1.807) is 13.0 Å². The number of hydrogen-bond acceptors (Lipinski definition) is 3. The summed E-state index contributed by atoms with van der Waals surface area (Å²) in [5, 5.41) is 3.22. The molecule has 11 heavy (non-hydrogen) atoms. The highest BCUT2D eigenvalue weighted by molar-refractivity contribution is 5.88. The fourth-order valence-corrected chi connectivity index (χ4v) is 0.513. The molecule has 0 atom stereocenters. The van der Waals surface area contributed by atoms with Crippen LogP contribution in [0.2, 0.25) is 0 Å². The second-order valence-corrected chi connectivity index (χ2v) is 1.69. The zero-order chi connectivity index (χ0) is 8.69. The van der Waals surface area contributed by atoms with Gasteiger partial charge >= 0.3 is 5.97 Å². The number of carbonyl (C=O) groups excluding carboxylic acids is 1. The van der Waals surface area contributed by atoms with Crippen LogP contribution < -0.4 is 0 Å². The van der Waals surface area contributed by atoms with Crippen molar-refractivity contribution in [3.63, 3.8) is 0 Å². The summed E-state index contributed by atoms with van der Waals surface area (Å²) in [4.78, 5) is 13.3. The van der Waals surface area contributed by atoms with Crippen molar-refractivity contribution in [3.8, 4) is 0 Å². The summed E-state index contributed by atoms with van der Waals surface area (Å²) in [7, 11) is 1.28. The second-order valence-electron chi connectivity index (χ2n) is 1.69. The van der Waals surface area contributed by atoms with Gasteiger partial charge in [0.25, 0.3) is 0 Å². The molecule has 0 aromatic heterocycles. The second kappa shape index (κ2) is 5.32. The minimum atomic E-state index is -0.458. The molecule has 5 nitrogen and oxygen atoms in total. The number of esters is 1. The molecule has 0 spiro atoms. The molecule has 0 aliphatic carbocycles. The summed E-state index contributed by atoms with van der Waals surface area (Å²) in [6.07, 6.45) is 1.56. The van der Waals surface area contributed by atoms with Crippen LogP contribution in [0.3, 0.4) is 0 Å². The van der Waals surface area contributed by atoms with Crippen LogP contribution in [0.5, 0.6) is 0 Å². The molecule has 0 unspecified atom stereocenters. The molecular weight excluding hydrogens is 146 g/mol. The lowest BCUT2D eigenvalue weighted by Crippen LogP contribution is -2.06. The van der Waals surface area contributed by atoms with Crippen LogP contribution in [0.1, 0.15) is 6.92 Å². The van der Waals surface area contributed by atoms with Gasteiger partial charge in [-0.15, -0.1) is 0 Å². The van der Waals surface area contributed by atoms with Gasteiger partial charge in [-0.3, -0.25) is 0 Å². The Morgan fingerprint density at radius 1 is 1.82 bits per heavy atom. The van der Waals surface area contributed by atoms with Gasteiger partial charge in [0, 0.05) is 10.5 Å². The molecule has 0 N–H and O–H groups in total. The quantitative estimate of drug-likeness (QED) is 0.203. The summed E-state index contributed by atoms with van der Waals surface area (Å²) in [6.45, 7) is 1.72. The predicted octanol–water partition coefficient (Wildman–Crippen LogP) is 1.42. The van der Waals surface area contributed by atoms with Gasteiger partial charge in [0.05, 0.1) is 13.7 Å². The van der Waals surface area contributed by atoms with E-state index in [9.17, 15) is 4.79 Å². The zero-order valence-corrected chi connectivity index (χ0v) is 6.44. The Morgan fingerprint density at radius 2 is 2.45 bits per heavy atom. The molecule has 0 saturated carbocycles. The molecule has 0 rings (SSSR count). The summed E-state index contributed by atoms with van der Waals surface area (Å²) < 4.78 is 4.41. The lowest BCUT2D eigenvalue weighted by molar-refractivity contribution is -0.136. The first kappa shape index (κ1) is 9.52. The molecule has 0 radical (unpaired) electrons. The first-order valence-corrected chi connectivity index (χ1v) is 3.00. The number of carbonyl (C=O) groups is 1. The number of ether oxygens (including phenoxy) is 1. The topological polar surface area (TPSA) is 75.1 Å². The van der Waals surface area contributed by atoms with Crippen LogP contribution in [0.15, 0.2) is 16.8 Å². The van der Waals surface area contributed by atoms with Crippen molar-refractivity contribution in [2.45, 2.75) is 6.92 Å². The van der Waals surface area contributed by atoms with Crippen LogP contribution in [-0.2, 0) is 9.53 Å². The van der Waals surface area contributed by atoms with Crippen LogP contribution in [0.4, 0.5) is 0 Å². The van der Waals surface area contributed by atoms with E-state index in [1.165, 1.54) is 7.11 Å². The lowest BCUT2D eigenvalue weighted by atomic mass is 10.2. The maximum absolute atomic E-state index is 10.8. The third-order valence-electron chi connectivity index (χ3n) is 1.10. The van der Waals surface area contributed by atoms with Crippen molar-refractivity contribution in [2.24, 2.45) is 5.11 Å². The van der Waals surface area contributed by atoms with Gasteiger partial charge < -0.3 is 4.74 Å². The van der Waals surface area contributed by atoms with E-state index in [0.717, 1.165) is 0 Å². The van der Waals surface area contributed by atoms with Gasteiger partial charge in [-0.25, -0.2) is 4.79 Å². The highest BCUT2D eigenvalue weighted by Gasteiger charge is 2.05. The van der Waals surface area contributed by atoms with E-state index >= 15 is 0 Å². The molecule has 5 heteroatoms. The van der Waals surface area contributed by atoms with E-state index in [0.29, 0.717) is 5.57 Å². The Balaban J connectivity index is 4.19. The normalized spacial score (nSPS) is 10.2. The molecule has 0 fully saturated rings. The van der Waals surface area contributed by atoms with Gasteiger partial charge in [0.15, 0.2) is 0 Å². The number of nitrogens with zero attached hydrogens (tertiary/aromatic N) is 3. The van der Waals surface area contributed by atoms with Crippen molar-refractivity contribution >= 4 is 5.97 Å².